The average molecular weight is 116 g/mol. The monoisotopic (exact) mass is 116 g/mol. The van der Waals surface area contributed by atoms with E-state index in [1.54, 1.807) is 0 Å². The van der Waals surface area contributed by atoms with Crippen LogP contribution in [0.15, 0.2) is 0 Å². The van der Waals surface area contributed by atoms with Crippen molar-refractivity contribution in [1.29, 1.82) is 0 Å². The highest BCUT2D eigenvalue weighted by Gasteiger charge is 2.22. The van der Waals surface area contributed by atoms with E-state index in [-0.39, 0.29) is 0 Å². The molecule has 0 aromatic rings. The Hall–Kier alpha value is 0.430. The number of hydrogen-bond acceptors (Lipinski definition) is 0. The molecule has 1 aliphatic rings. The molecular weight excluding hydrogens is 103 g/mol. The van der Waals surface area contributed by atoms with Gasteiger partial charge < -0.3 is 0 Å². The molecule has 1 heteroatoms. The van der Waals surface area contributed by atoms with Crippen LogP contribution in [-0.4, -0.2) is 11.3 Å². The van der Waals surface area contributed by atoms with Crippen molar-refractivity contribution in [1.82, 2.24) is 0 Å². The molecule has 0 aromatic carbocycles. The average Bonchev–Trinajstić information content (AvgIpc) is 1.58. The summed E-state index contributed by atoms with van der Waals surface area (Å²) in [7, 11) is 1.29. The molecule has 0 aromatic heterocycles. The zero-order chi connectivity index (χ0) is 5.28. The van der Waals surface area contributed by atoms with E-state index in [2.05, 4.69) is 13.8 Å². The summed E-state index contributed by atoms with van der Waals surface area (Å²) in [6.07, 6.45) is 2.93. The fourth-order valence-corrected chi connectivity index (χ4v) is 2.60. The van der Waals surface area contributed by atoms with Crippen LogP contribution in [0.1, 0.15) is 26.7 Å². The molecule has 1 heterocycles. The normalized spacial score (nSPS) is 43.7. The summed E-state index contributed by atoms with van der Waals surface area (Å²) in [6.45, 7) is 4.65. The van der Waals surface area contributed by atoms with Gasteiger partial charge in [0.2, 0.25) is 0 Å². The molecule has 1 aliphatic heterocycles. The third kappa shape index (κ3) is 1.16. The molecule has 1 rings (SSSR count). The SMILES string of the molecule is CCC1CC(C)P1. The van der Waals surface area contributed by atoms with Crippen molar-refractivity contribution in [3.63, 3.8) is 0 Å². The van der Waals surface area contributed by atoms with Crippen molar-refractivity contribution in [2.75, 3.05) is 0 Å². The van der Waals surface area contributed by atoms with Crippen molar-refractivity contribution < 1.29 is 0 Å². The summed E-state index contributed by atoms with van der Waals surface area (Å²) in [5, 5.41) is 0. The summed E-state index contributed by atoms with van der Waals surface area (Å²) in [5.74, 6) is 0. The highest BCUT2D eigenvalue weighted by Crippen LogP contribution is 2.43. The molecule has 0 spiro atoms. The second-order valence-electron chi connectivity index (χ2n) is 2.41. The quantitative estimate of drug-likeness (QED) is 0.461. The lowest BCUT2D eigenvalue weighted by molar-refractivity contribution is 0.662. The Morgan fingerprint density at radius 2 is 2.29 bits per heavy atom. The fraction of sp³-hybridized carbons (Fsp3) is 1.00. The largest absolute Gasteiger partial charge is 0.116 e. The predicted molar refractivity (Wildman–Crippen MR) is 36.5 cm³/mol. The third-order valence-electron chi connectivity index (χ3n) is 1.65. The molecule has 0 N–H and O–H groups in total. The number of rotatable bonds is 1. The van der Waals surface area contributed by atoms with Gasteiger partial charge in [0.15, 0.2) is 0 Å². The summed E-state index contributed by atoms with van der Waals surface area (Å²) in [6, 6.07) is 0. The first kappa shape index (κ1) is 5.56. The molecule has 0 nitrogen and oxygen atoms in total. The Labute approximate surface area is 47.5 Å². The molecular formula is C6H13P. The highest BCUT2D eigenvalue weighted by molar-refractivity contribution is 7.41. The van der Waals surface area contributed by atoms with Crippen LogP contribution >= 0.6 is 8.58 Å². The second-order valence-corrected chi connectivity index (χ2v) is 4.54. The molecule has 1 saturated heterocycles. The van der Waals surface area contributed by atoms with E-state index in [4.69, 9.17) is 0 Å². The highest BCUT2D eigenvalue weighted by atomic mass is 31.1. The Balaban J connectivity index is 2.06. The van der Waals surface area contributed by atoms with E-state index in [0.717, 1.165) is 11.3 Å². The van der Waals surface area contributed by atoms with E-state index >= 15 is 0 Å². The molecule has 0 amide bonds. The third-order valence-corrected chi connectivity index (χ3v) is 3.57. The zero-order valence-electron chi connectivity index (χ0n) is 5.07. The molecule has 0 saturated carbocycles. The zero-order valence-corrected chi connectivity index (χ0v) is 6.07. The summed E-state index contributed by atoms with van der Waals surface area (Å²) >= 11 is 0. The van der Waals surface area contributed by atoms with Crippen molar-refractivity contribution in [3.05, 3.63) is 0 Å². The van der Waals surface area contributed by atoms with Crippen LogP contribution in [0.25, 0.3) is 0 Å². The van der Waals surface area contributed by atoms with E-state index in [1.807, 2.05) is 0 Å². The Kier molecular flexibility index (Phi) is 1.69. The first-order valence-corrected chi connectivity index (χ1v) is 4.24. The van der Waals surface area contributed by atoms with Gasteiger partial charge >= 0.3 is 0 Å². The molecule has 3 atom stereocenters. The molecule has 3 unspecified atom stereocenters. The maximum atomic E-state index is 2.35. The first-order chi connectivity index (χ1) is 3.33. The Morgan fingerprint density at radius 1 is 1.71 bits per heavy atom. The van der Waals surface area contributed by atoms with E-state index in [9.17, 15) is 0 Å². The Bertz CT molecular complexity index is 55.2. The predicted octanol–water partition coefficient (Wildman–Crippen LogP) is 2.24. The minimum Gasteiger partial charge on any atom is -0.116 e. The summed E-state index contributed by atoms with van der Waals surface area (Å²) in [4.78, 5) is 0. The lowest BCUT2D eigenvalue weighted by atomic mass is 10.2. The van der Waals surface area contributed by atoms with E-state index < -0.39 is 0 Å². The van der Waals surface area contributed by atoms with Crippen LogP contribution in [0.3, 0.4) is 0 Å². The molecule has 0 radical (unpaired) electrons. The van der Waals surface area contributed by atoms with Gasteiger partial charge in [-0.3, -0.25) is 0 Å². The van der Waals surface area contributed by atoms with Gasteiger partial charge in [0.1, 0.15) is 0 Å². The van der Waals surface area contributed by atoms with Crippen molar-refractivity contribution in [3.8, 4) is 0 Å². The smallest absolute Gasteiger partial charge is 0.0231 e. The molecule has 42 valence electrons. The summed E-state index contributed by atoms with van der Waals surface area (Å²) in [5.41, 5.74) is 2.19. The molecule has 7 heavy (non-hydrogen) atoms. The number of hydrogen-bond donors (Lipinski definition) is 0. The van der Waals surface area contributed by atoms with Gasteiger partial charge in [-0.25, -0.2) is 0 Å². The van der Waals surface area contributed by atoms with Gasteiger partial charge in [0.05, 0.1) is 0 Å². The van der Waals surface area contributed by atoms with Crippen molar-refractivity contribution in [2.45, 2.75) is 38.0 Å². The van der Waals surface area contributed by atoms with Gasteiger partial charge in [0, 0.05) is 0 Å². The second kappa shape index (κ2) is 2.13. The molecule has 0 aliphatic carbocycles. The molecule has 0 bridgehead atoms. The van der Waals surface area contributed by atoms with Crippen molar-refractivity contribution >= 4 is 8.58 Å². The van der Waals surface area contributed by atoms with Gasteiger partial charge in [-0.2, -0.15) is 0 Å². The van der Waals surface area contributed by atoms with Crippen LogP contribution in [0.5, 0.6) is 0 Å². The minimum atomic E-state index is 1.07. The lowest BCUT2D eigenvalue weighted by Crippen LogP contribution is -2.19. The molecule has 1 fully saturated rings. The van der Waals surface area contributed by atoms with Gasteiger partial charge in [-0.15, -0.1) is 8.58 Å². The lowest BCUT2D eigenvalue weighted by Gasteiger charge is -2.31. The summed E-state index contributed by atoms with van der Waals surface area (Å²) < 4.78 is 0. The fourth-order valence-electron chi connectivity index (χ4n) is 1.09. The van der Waals surface area contributed by atoms with Crippen LogP contribution in [0.2, 0.25) is 0 Å². The maximum Gasteiger partial charge on any atom is -0.0231 e. The van der Waals surface area contributed by atoms with Crippen LogP contribution in [0, 0.1) is 0 Å². The maximum absolute atomic E-state index is 2.35. The van der Waals surface area contributed by atoms with Gasteiger partial charge in [-0.1, -0.05) is 13.8 Å². The Morgan fingerprint density at radius 3 is 2.43 bits per heavy atom. The minimum absolute atomic E-state index is 1.07. The standard InChI is InChI=1S/C6H13P/c1-3-6-4-5(2)7-6/h5-7H,3-4H2,1-2H3. The van der Waals surface area contributed by atoms with E-state index in [0.29, 0.717) is 0 Å². The first-order valence-electron chi connectivity index (χ1n) is 3.09. The van der Waals surface area contributed by atoms with Gasteiger partial charge in [0.25, 0.3) is 0 Å². The van der Waals surface area contributed by atoms with Crippen LogP contribution in [0.4, 0.5) is 0 Å². The van der Waals surface area contributed by atoms with Crippen LogP contribution < -0.4 is 0 Å². The van der Waals surface area contributed by atoms with Crippen molar-refractivity contribution in [2.24, 2.45) is 0 Å². The van der Waals surface area contributed by atoms with Crippen LogP contribution in [-0.2, 0) is 0 Å². The topological polar surface area (TPSA) is 0 Å². The van der Waals surface area contributed by atoms with Gasteiger partial charge in [-0.05, 0) is 24.2 Å². The van der Waals surface area contributed by atoms with E-state index in [1.165, 1.54) is 21.4 Å².